The number of benzene rings is 1. The van der Waals surface area contributed by atoms with Crippen LogP contribution < -0.4 is 11.5 Å². The molecule has 2 heterocycles. The molecule has 2 unspecified atom stereocenters. The molecule has 4 N–H and O–H groups in total. The van der Waals surface area contributed by atoms with E-state index in [-0.39, 0.29) is 5.37 Å². The second-order valence-electron chi connectivity index (χ2n) is 7.08. The maximum Gasteiger partial charge on any atom is 0.337 e. The van der Waals surface area contributed by atoms with Gasteiger partial charge in [0.2, 0.25) is 0 Å². The fraction of sp³-hybridized carbons (Fsp3) is 0.304. The van der Waals surface area contributed by atoms with Crippen molar-refractivity contribution in [3.8, 4) is 11.1 Å². The summed E-state index contributed by atoms with van der Waals surface area (Å²) in [4.78, 5) is 17.5. The van der Waals surface area contributed by atoms with Crippen LogP contribution in [0.15, 0.2) is 46.0 Å². The maximum absolute atomic E-state index is 12.9. The van der Waals surface area contributed by atoms with Crippen molar-refractivity contribution in [1.82, 2.24) is 4.98 Å². The number of aromatic nitrogens is 1. The highest BCUT2D eigenvalue weighted by Crippen LogP contribution is 2.43. The van der Waals surface area contributed by atoms with Gasteiger partial charge in [-0.05, 0) is 48.1 Å². The highest BCUT2D eigenvalue weighted by atomic mass is 32.2. The number of allylic oxidation sites excluding steroid dienone is 1. The number of hydrogen-bond acceptors (Lipinski definition) is 8. The third-order valence-corrected chi connectivity index (χ3v) is 8.78. The van der Waals surface area contributed by atoms with E-state index in [0.29, 0.717) is 31.7 Å². The van der Waals surface area contributed by atoms with Crippen LogP contribution in [-0.2, 0) is 15.5 Å². The van der Waals surface area contributed by atoms with Crippen molar-refractivity contribution in [2.24, 2.45) is 5.73 Å². The maximum atomic E-state index is 12.9. The standard InChI is InChI=1S/C23H27N3O3S3/c1-4-6-11-32(28)23-19(24)18-16(14-8-7-9-15(12-14)22(27)29-3)13-17(26-21(18)31-23)20(25)30-10-5-2/h5,7-10,12-13,20H,4,6,11,24-25H2,1-3H3/b10-5-. The molecule has 0 aliphatic carbocycles. The largest absolute Gasteiger partial charge is 0.465 e. The number of carbonyl (C=O) groups excluding carboxylic acids is 1. The zero-order chi connectivity index (χ0) is 23.3. The molecular weight excluding hydrogens is 462 g/mol. The number of nitrogen functional groups attached to an aromatic ring is 1. The molecular formula is C23H27N3O3S3. The highest BCUT2D eigenvalue weighted by molar-refractivity contribution is 8.02. The number of fused-ring (bicyclic) bond motifs is 1. The van der Waals surface area contributed by atoms with Crippen LogP contribution >= 0.6 is 23.1 Å². The monoisotopic (exact) mass is 489 g/mol. The van der Waals surface area contributed by atoms with Crippen molar-refractivity contribution in [3.05, 3.63) is 53.1 Å². The summed E-state index contributed by atoms with van der Waals surface area (Å²) in [5.74, 6) is 0.141. The average molecular weight is 490 g/mol. The summed E-state index contributed by atoms with van der Waals surface area (Å²) < 4.78 is 18.4. The molecule has 3 rings (SSSR count). The van der Waals surface area contributed by atoms with Crippen molar-refractivity contribution < 1.29 is 13.7 Å². The van der Waals surface area contributed by atoms with Crippen molar-refractivity contribution in [2.75, 3.05) is 18.6 Å². The highest BCUT2D eigenvalue weighted by Gasteiger charge is 2.22. The minimum absolute atomic E-state index is 0.379. The predicted octanol–water partition coefficient (Wildman–Crippen LogP) is 5.46. The minimum atomic E-state index is -1.20. The predicted molar refractivity (Wildman–Crippen MR) is 136 cm³/mol. The lowest BCUT2D eigenvalue weighted by Gasteiger charge is -2.13. The first kappa shape index (κ1) is 24.4. The lowest BCUT2D eigenvalue weighted by Crippen LogP contribution is -2.07. The van der Waals surface area contributed by atoms with E-state index < -0.39 is 16.8 Å². The number of carbonyl (C=O) groups is 1. The van der Waals surface area contributed by atoms with E-state index in [4.69, 9.17) is 21.2 Å². The molecule has 170 valence electrons. The summed E-state index contributed by atoms with van der Waals surface area (Å²) in [7, 11) is 0.155. The molecule has 0 saturated heterocycles. The first-order valence-electron chi connectivity index (χ1n) is 10.2. The van der Waals surface area contributed by atoms with Gasteiger partial charge in [-0.25, -0.2) is 9.78 Å². The topological polar surface area (TPSA) is 108 Å². The number of methoxy groups -OCH3 is 1. The number of hydrogen-bond donors (Lipinski definition) is 2. The third-order valence-electron chi connectivity index (χ3n) is 4.82. The quantitative estimate of drug-likeness (QED) is 0.303. The molecule has 0 aliphatic rings. The van der Waals surface area contributed by atoms with E-state index in [9.17, 15) is 9.00 Å². The molecule has 0 radical (unpaired) electrons. The Morgan fingerprint density at radius 1 is 1.38 bits per heavy atom. The summed E-state index contributed by atoms with van der Waals surface area (Å²) in [5, 5.41) is 2.28. The number of nitrogens with two attached hydrogens (primary N) is 2. The van der Waals surface area contributed by atoms with Gasteiger partial charge >= 0.3 is 5.97 Å². The smallest absolute Gasteiger partial charge is 0.337 e. The summed E-state index contributed by atoms with van der Waals surface area (Å²) >= 11 is 2.81. The molecule has 32 heavy (non-hydrogen) atoms. The van der Waals surface area contributed by atoms with Crippen molar-refractivity contribution in [3.63, 3.8) is 0 Å². The van der Waals surface area contributed by atoms with Crippen molar-refractivity contribution >= 4 is 55.8 Å². The van der Waals surface area contributed by atoms with Gasteiger partial charge in [-0.1, -0.05) is 31.6 Å². The molecule has 0 fully saturated rings. The van der Waals surface area contributed by atoms with Crippen LogP contribution in [-0.4, -0.2) is 28.0 Å². The van der Waals surface area contributed by atoms with Gasteiger partial charge in [0.1, 0.15) is 9.04 Å². The van der Waals surface area contributed by atoms with E-state index in [1.165, 1.54) is 30.2 Å². The summed E-state index contributed by atoms with van der Waals surface area (Å²) in [6.45, 7) is 3.99. The van der Waals surface area contributed by atoms with Crippen LogP contribution in [0.25, 0.3) is 21.3 Å². The van der Waals surface area contributed by atoms with Gasteiger partial charge in [0.05, 0.1) is 40.2 Å². The average Bonchev–Trinajstić information content (AvgIpc) is 3.16. The van der Waals surface area contributed by atoms with Crippen LogP contribution in [0, 0.1) is 0 Å². The number of thiophene rings is 1. The van der Waals surface area contributed by atoms with Gasteiger partial charge in [-0.2, -0.15) is 0 Å². The normalized spacial score (nSPS) is 13.5. The summed E-state index contributed by atoms with van der Waals surface area (Å²) in [6, 6.07) is 9.07. The first-order chi connectivity index (χ1) is 15.4. The Kier molecular flexibility index (Phi) is 8.47. The second kappa shape index (κ2) is 11.1. The number of esters is 1. The van der Waals surface area contributed by atoms with Gasteiger partial charge < -0.3 is 16.2 Å². The number of pyridine rings is 1. The third kappa shape index (κ3) is 5.23. The Bertz CT molecular complexity index is 1170. The minimum Gasteiger partial charge on any atom is -0.465 e. The summed E-state index contributed by atoms with van der Waals surface area (Å²) in [5.41, 5.74) is 16.1. The van der Waals surface area contributed by atoms with Gasteiger partial charge in [-0.15, -0.1) is 23.1 Å². The number of rotatable bonds is 9. The molecule has 9 heteroatoms. The Labute approximate surface area is 198 Å². The molecule has 0 saturated carbocycles. The molecule has 6 nitrogen and oxygen atoms in total. The van der Waals surface area contributed by atoms with Crippen LogP contribution in [0.4, 0.5) is 5.69 Å². The molecule has 1 aromatic carbocycles. The van der Waals surface area contributed by atoms with Crippen molar-refractivity contribution in [2.45, 2.75) is 36.3 Å². The first-order valence-corrected chi connectivity index (χ1v) is 13.3. The van der Waals surface area contributed by atoms with Crippen LogP contribution in [0.2, 0.25) is 0 Å². The van der Waals surface area contributed by atoms with Crippen molar-refractivity contribution in [1.29, 1.82) is 0 Å². The lowest BCUT2D eigenvalue weighted by atomic mass is 10.00. The molecule has 0 aliphatic heterocycles. The zero-order valence-corrected chi connectivity index (χ0v) is 20.7. The summed E-state index contributed by atoms with van der Waals surface area (Å²) in [6.07, 6.45) is 3.74. The number of thioether (sulfide) groups is 1. The van der Waals surface area contributed by atoms with Crippen LogP contribution in [0.5, 0.6) is 0 Å². The van der Waals surface area contributed by atoms with Gasteiger partial charge in [0.25, 0.3) is 0 Å². The zero-order valence-electron chi connectivity index (χ0n) is 18.3. The molecule has 2 atom stereocenters. The van der Waals surface area contributed by atoms with E-state index in [2.05, 4.69) is 6.92 Å². The van der Waals surface area contributed by atoms with E-state index in [1.54, 1.807) is 18.2 Å². The van der Waals surface area contributed by atoms with Crippen LogP contribution in [0.1, 0.15) is 48.1 Å². The van der Waals surface area contributed by atoms with Gasteiger partial charge in [0.15, 0.2) is 0 Å². The fourth-order valence-corrected chi connectivity index (χ4v) is 6.58. The molecule has 2 aromatic heterocycles. The number of unbranched alkanes of at least 4 members (excludes halogenated alkanes) is 1. The molecule has 0 spiro atoms. The molecule has 0 amide bonds. The molecule has 0 bridgehead atoms. The fourth-order valence-electron chi connectivity index (χ4n) is 3.19. The van der Waals surface area contributed by atoms with Gasteiger partial charge in [0, 0.05) is 11.1 Å². The Balaban J connectivity index is 2.23. The number of ether oxygens (including phenoxy) is 1. The van der Waals surface area contributed by atoms with Crippen LogP contribution in [0.3, 0.4) is 0 Å². The Morgan fingerprint density at radius 3 is 2.84 bits per heavy atom. The second-order valence-corrected chi connectivity index (χ2v) is 10.9. The Morgan fingerprint density at radius 2 is 2.16 bits per heavy atom. The Hall–Kier alpha value is -2.20. The molecule has 3 aromatic rings. The lowest BCUT2D eigenvalue weighted by molar-refractivity contribution is 0.0601. The SMILES string of the molecule is C/C=C\SC(N)c1cc(-c2cccc(C(=O)OC)c2)c2c(N)c(S(=O)CCCC)sc2n1. The van der Waals surface area contributed by atoms with E-state index >= 15 is 0 Å². The van der Waals surface area contributed by atoms with E-state index in [0.717, 1.165) is 29.4 Å². The number of nitrogens with zero attached hydrogens (tertiary/aromatic N) is 1. The number of anilines is 1. The van der Waals surface area contributed by atoms with E-state index in [1.807, 2.05) is 30.5 Å². The van der Waals surface area contributed by atoms with Gasteiger partial charge in [-0.3, -0.25) is 4.21 Å².